The Labute approximate surface area is 166 Å². The molecule has 3 rings (SSSR count). The highest BCUT2D eigenvalue weighted by molar-refractivity contribution is 8.01. The molecule has 2 N–H and O–H groups in total. The summed E-state index contributed by atoms with van der Waals surface area (Å²) in [5, 5.41) is 6.91. The normalized spacial score (nSPS) is 15.3. The fourth-order valence-electron chi connectivity index (χ4n) is 2.90. The maximum atomic E-state index is 4.78. The summed E-state index contributed by atoms with van der Waals surface area (Å²) in [6.45, 7) is 4.47. The molecule has 1 aliphatic carbocycles. The standard InChI is InChI=1S/C21H29N5S/c1-4-22-20(24-15-17-9-8-14-23-19(17)26(2)3)25-16-21(12-13-21)27-18-10-6-5-7-11-18/h5-11,14H,4,12-13,15-16H2,1-3H3,(H2,22,24,25). The number of benzene rings is 1. The molecule has 0 bridgehead atoms. The van der Waals surface area contributed by atoms with Gasteiger partial charge in [-0.3, -0.25) is 0 Å². The van der Waals surface area contributed by atoms with E-state index >= 15 is 0 Å². The molecule has 1 aromatic carbocycles. The Morgan fingerprint density at radius 1 is 1.15 bits per heavy atom. The molecule has 1 fully saturated rings. The fourth-order valence-corrected chi connectivity index (χ4v) is 4.14. The molecular formula is C21H29N5S. The largest absolute Gasteiger partial charge is 0.362 e. The Balaban J connectivity index is 1.62. The summed E-state index contributed by atoms with van der Waals surface area (Å²) in [5.74, 6) is 1.83. The summed E-state index contributed by atoms with van der Waals surface area (Å²) in [7, 11) is 4.02. The maximum Gasteiger partial charge on any atom is 0.191 e. The smallest absolute Gasteiger partial charge is 0.191 e. The number of nitrogens with one attached hydrogen (secondary N) is 2. The molecule has 1 heterocycles. The van der Waals surface area contributed by atoms with Crippen LogP contribution in [0.4, 0.5) is 5.82 Å². The van der Waals surface area contributed by atoms with E-state index in [1.807, 2.05) is 43.0 Å². The molecule has 6 heteroatoms. The Morgan fingerprint density at radius 2 is 1.93 bits per heavy atom. The topological polar surface area (TPSA) is 52.6 Å². The van der Waals surface area contributed by atoms with Gasteiger partial charge in [0.15, 0.2) is 5.96 Å². The molecular weight excluding hydrogens is 354 g/mol. The number of thioether (sulfide) groups is 1. The predicted octanol–water partition coefficient (Wildman–Crippen LogP) is 3.53. The van der Waals surface area contributed by atoms with Crippen LogP contribution in [0.3, 0.4) is 0 Å². The molecule has 1 aliphatic rings. The number of guanidine groups is 1. The van der Waals surface area contributed by atoms with Crippen molar-refractivity contribution < 1.29 is 0 Å². The van der Waals surface area contributed by atoms with Crippen LogP contribution >= 0.6 is 11.8 Å². The van der Waals surface area contributed by atoms with Gasteiger partial charge in [0.2, 0.25) is 0 Å². The average Bonchev–Trinajstić information content (AvgIpc) is 3.44. The molecule has 0 radical (unpaired) electrons. The van der Waals surface area contributed by atoms with Crippen LogP contribution < -0.4 is 15.5 Å². The molecule has 5 nitrogen and oxygen atoms in total. The third kappa shape index (κ3) is 5.63. The third-order valence-electron chi connectivity index (χ3n) is 4.51. The predicted molar refractivity (Wildman–Crippen MR) is 116 cm³/mol. The SMILES string of the molecule is CCNC(=NCc1cccnc1N(C)C)NCC1(Sc2ccccc2)CC1. The van der Waals surface area contributed by atoms with Gasteiger partial charge in [-0.15, -0.1) is 11.8 Å². The van der Waals surface area contributed by atoms with Crippen LogP contribution in [0.25, 0.3) is 0 Å². The van der Waals surface area contributed by atoms with E-state index < -0.39 is 0 Å². The van der Waals surface area contributed by atoms with E-state index in [-0.39, 0.29) is 0 Å². The molecule has 0 aliphatic heterocycles. The van der Waals surface area contributed by atoms with E-state index in [9.17, 15) is 0 Å². The van der Waals surface area contributed by atoms with Gasteiger partial charge < -0.3 is 15.5 Å². The minimum absolute atomic E-state index is 0.292. The Hall–Kier alpha value is -2.21. The van der Waals surface area contributed by atoms with Crippen molar-refractivity contribution in [1.82, 2.24) is 15.6 Å². The number of hydrogen-bond acceptors (Lipinski definition) is 4. The van der Waals surface area contributed by atoms with E-state index in [0.717, 1.165) is 30.4 Å². The quantitative estimate of drug-likeness (QED) is 0.539. The summed E-state index contributed by atoms with van der Waals surface area (Å²) >= 11 is 1.98. The number of nitrogens with zero attached hydrogens (tertiary/aromatic N) is 3. The van der Waals surface area contributed by atoms with Crippen LogP contribution in [0.2, 0.25) is 0 Å². The average molecular weight is 384 g/mol. The summed E-state index contributed by atoms with van der Waals surface area (Å²) in [4.78, 5) is 12.6. The number of aromatic nitrogens is 1. The zero-order valence-electron chi connectivity index (χ0n) is 16.4. The molecule has 27 heavy (non-hydrogen) atoms. The van der Waals surface area contributed by atoms with Crippen molar-refractivity contribution in [2.24, 2.45) is 4.99 Å². The minimum Gasteiger partial charge on any atom is -0.362 e. The first-order chi connectivity index (χ1) is 13.1. The Morgan fingerprint density at radius 3 is 2.59 bits per heavy atom. The summed E-state index contributed by atoms with van der Waals surface area (Å²) in [6.07, 6.45) is 4.31. The molecule has 144 valence electrons. The molecule has 0 unspecified atom stereocenters. The van der Waals surface area contributed by atoms with Crippen LogP contribution in [-0.2, 0) is 6.54 Å². The monoisotopic (exact) mass is 383 g/mol. The molecule has 0 atom stereocenters. The molecule has 1 saturated carbocycles. The Bertz CT molecular complexity index is 756. The van der Waals surface area contributed by atoms with Crippen LogP contribution in [0.15, 0.2) is 58.5 Å². The van der Waals surface area contributed by atoms with Gasteiger partial charge >= 0.3 is 0 Å². The molecule has 2 aromatic rings. The number of anilines is 1. The summed E-state index contributed by atoms with van der Waals surface area (Å²) in [5.41, 5.74) is 1.12. The highest BCUT2D eigenvalue weighted by Gasteiger charge is 2.43. The van der Waals surface area contributed by atoms with Gasteiger partial charge in [0.05, 0.1) is 6.54 Å². The van der Waals surface area contributed by atoms with Crippen molar-refractivity contribution >= 4 is 23.5 Å². The third-order valence-corrected chi connectivity index (χ3v) is 6.00. The highest BCUT2D eigenvalue weighted by atomic mass is 32.2. The molecule has 1 aromatic heterocycles. The summed E-state index contributed by atoms with van der Waals surface area (Å²) < 4.78 is 0.292. The van der Waals surface area contributed by atoms with Crippen LogP contribution in [0.5, 0.6) is 0 Å². The van der Waals surface area contributed by atoms with Gasteiger partial charge in [0.1, 0.15) is 5.82 Å². The second-order valence-corrected chi connectivity index (χ2v) is 8.57. The molecule has 0 spiro atoms. The Kier molecular flexibility index (Phi) is 6.61. The van der Waals surface area contributed by atoms with Crippen molar-refractivity contribution in [2.45, 2.75) is 36.0 Å². The van der Waals surface area contributed by atoms with Crippen molar-refractivity contribution in [3.05, 3.63) is 54.2 Å². The lowest BCUT2D eigenvalue weighted by molar-refractivity contribution is 0.768. The van der Waals surface area contributed by atoms with Gasteiger partial charge in [0, 0.05) is 48.6 Å². The van der Waals surface area contributed by atoms with Crippen molar-refractivity contribution in [3.8, 4) is 0 Å². The van der Waals surface area contributed by atoms with Gasteiger partial charge in [-0.25, -0.2) is 9.98 Å². The van der Waals surface area contributed by atoms with Crippen molar-refractivity contribution in [2.75, 3.05) is 32.1 Å². The van der Waals surface area contributed by atoms with Gasteiger partial charge in [-0.2, -0.15) is 0 Å². The first-order valence-electron chi connectivity index (χ1n) is 9.49. The van der Waals surface area contributed by atoms with Gasteiger partial charge in [-0.05, 0) is 38.0 Å². The lowest BCUT2D eigenvalue weighted by Gasteiger charge is -2.19. The molecule has 0 amide bonds. The zero-order chi connectivity index (χ0) is 19.1. The second-order valence-electron chi connectivity index (χ2n) is 7.03. The van der Waals surface area contributed by atoms with Crippen LogP contribution in [0.1, 0.15) is 25.3 Å². The van der Waals surface area contributed by atoms with Crippen molar-refractivity contribution in [3.63, 3.8) is 0 Å². The van der Waals surface area contributed by atoms with Crippen molar-refractivity contribution in [1.29, 1.82) is 0 Å². The van der Waals surface area contributed by atoms with E-state index in [4.69, 9.17) is 4.99 Å². The lowest BCUT2D eigenvalue weighted by atomic mass is 10.2. The lowest BCUT2D eigenvalue weighted by Crippen LogP contribution is -2.41. The maximum absolute atomic E-state index is 4.78. The number of aliphatic imine (C=N–C) groups is 1. The first-order valence-corrected chi connectivity index (χ1v) is 10.3. The number of pyridine rings is 1. The highest BCUT2D eigenvalue weighted by Crippen LogP contribution is 2.51. The van der Waals surface area contributed by atoms with Crippen LogP contribution in [0, 0.1) is 0 Å². The van der Waals surface area contributed by atoms with E-state index in [1.54, 1.807) is 0 Å². The number of rotatable bonds is 8. The minimum atomic E-state index is 0.292. The van der Waals surface area contributed by atoms with Gasteiger partial charge in [0.25, 0.3) is 0 Å². The van der Waals surface area contributed by atoms with Gasteiger partial charge in [-0.1, -0.05) is 24.3 Å². The zero-order valence-corrected chi connectivity index (χ0v) is 17.2. The second kappa shape index (κ2) is 9.13. The van der Waals surface area contributed by atoms with E-state index in [2.05, 4.69) is 58.9 Å². The summed E-state index contributed by atoms with van der Waals surface area (Å²) in [6, 6.07) is 14.7. The van der Waals surface area contributed by atoms with E-state index in [0.29, 0.717) is 11.3 Å². The fraction of sp³-hybridized carbons (Fsp3) is 0.429. The first kappa shape index (κ1) is 19.5. The number of hydrogen-bond donors (Lipinski definition) is 2. The van der Waals surface area contributed by atoms with E-state index in [1.165, 1.54) is 17.7 Å². The van der Waals surface area contributed by atoms with Crippen LogP contribution in [-0.4, -0.2) is 42.9 Å². The molecule has 0 saturated heterocycles.